The van der Waals surface area contributed by atoms with Gasteiger partial charge in [-0.25, -0.2) is 0 Å². The summed E-state index contributed by atoms with van der Waals surface area (Å²) in [5.74, 6) is -0.651. The van der Waals surface area contributed by atoms with E-state index >= 15 is 0 Å². The third-order valence-corrected chi connectivity index (χ3v) is 3.80. The highest BCUT2D eigenvalue weighted by Gasteiger charge is 2.28. The number of ether oxygens (including phenoxy) is 1. The molecule has 1 N–H and O–H groups in total. The van der Waals surface area contributed by atoms with Crippen LogP contribution in [0.1, 0.15) is 22.7 Å². The highest BCUT2D eigenvalue weighted by molar-refractivity contribution is 5.93. The van der Waals surface area contributed by atoms with Gasteiger partial charge in [0.2, 0.25) is 0 Å². The lowest BCUT2D eigenvalue weighted by Gasteiger charge is -2.16. The standard InChI is InChI=1S/C18H17NO2/c1-12-16(14-10-6-7-11-15(14)19-12)17(18(20)21-2)13-8-4-3-5-9-13/h3-11,17,19H,1-2H3. The van der Waals surface area contributed by atoms with Gasteiger partial charge in [0.15, 0.2) is 0 Å². The first-order valence-corrected chi connectivity index (χ1v) is 6.92. The molecular formula is C18H17NO2. The minimum atomic E-state index is -0.410. The van der Waals surface area contributed by atoms with Gasteiger partial charge in [-0.3, -0.25) is 4.79 Å². The molecule has 0 saturated heterocycles. The summed E-state index contributed by atoms with van der Waals surface area (Å²) in [4.78, 5) is 15.7. The number of carbonyl (C=O) groups excluding carboxylic acids is 1. The molecule has 3 aromatic rings. The summed E-state index contributed by atoms with van der Waals surface area (Å²) >= 11 is 0. The molecular weight excluding hydrogens is 262 g/mol. The van der Waals surface area contributed by atoms with E-state index in [-0.39, 0.29) is 5.97 Å². The zero-order chi connectivity index (χ0) is 14.8. The Hall–Kier alpha value is -2.55. The van der Waals surface area contributed by atoms with E-state index in [9.17, 15) is 4.79 Å². The second kappa shape index (κ2) is 5.44. The first-order chi connectivity index (χ1) is 10.2. The van der Waals surface area contributed by atoms with Gasteiger partial charge in [-0.05, 0) is 24.1 Å². The van der Waals surface area contributed by atoms with Gasteiger partial charge in [0, 0.05) is 16.6 Å². The van der Waals surface area contributed by atoms with Crippen molar-refractivity contribution in [2.75, 3.05) is 7.11 Å². The molecule has 3 rings (SSSR count). The topological polar surface area (TPSA) is 42.1 Å². The van der Waals surface area contributed by atoms with Crippen LogP contribution in [0.4, 0.5) is 0 Å². The van der Waals surface area contributed by atoms with E-state index in [4.69, 9.17) is 4.74 Å². The lowest BCUT2D eigenvalue weighted by Crippen LogP contribution is -2.16. The van der Waals surface area contributed by atoms with Crippen molar-refractivity contribution in [1.82, 2.24) is 4.98 Å². The van der Waals surface area contributed by atoms with Crippen LogP contribution in [-0.2, 0) is 9.53 Å². The van der Waals surface area contributed by atoms with Crippen molar-refractivity contribution in [3.8, 4) is 0 Å². The molecule has 0 aliphatic heterocycles. The quantitative estimate of drug-likeness (QED) is 0.741. The molecule has 21 heavy (non-hydrogen) atoms. The molecule has 1 atom stereocenters. The first kappa shape index (κ1) is 13.4. The Morgan fingerprint density at radius 1 is 1.05 bits per heavy atom. The van der Waals surface area contributed by atoms with Gasteiger partial charge in [-0.15, -0.1) is 0 Å². The number of benzene rings is 2. The summed E-state index contributed by atoms with van der Waals surface area (Å²) in [7, 11) is 1.43. The van der Waals surface area contributed by atoms with Crippen molar-refractivity contribution < 1.29 is 9.53 Å². The number of esters is 1. The van der Waals surface area contributed by atoms with Crippen molar-refractivity contribution in [1.29, 1.82) is 0 Å². The van der Waals surface area contributed by atoms with E-state index in [0.29, 0.717) is 0 Å². The molecule has 0 aliphatic carbocycles. The van der Waals surface area contributed by atoms with E-state index in [1.54, 1.807) is 0 Å². The van der Waals surface area contributed by atoms with Crippen LogP contribution in [0.25, 0.3) is 10.9 Å². The number of aryl methyl sites for hydroxylation is 1. The normalized spacial score (nSPS) is 12.3. The fourth-order valence-electron chi connectivity index (χ4n) is 2.85. The number of rotatable bonds is 3. The molecule has 1 aromatic heterocycles. The second-order valence-electron chi connectivity index (χ2n) is 5.08. The monoisotopic (exact) mass is 279 g/mol. The van der Waals surface area contributed by atoms with Crippen molar-refractivity contribution in [3.63, 3.8) is 0 Å². The maximum atomic E-state index is 12.4. The van der Waals surface area contributed by atoms with Crippen LogP contribution in [0.3, 0.4) is 0 Å². The summed E-state index contributed by atoms with van der Waals surface area (Å²) in [6.45, 7) is 1.99. The fraction of sp³-hybridized carbons (Fsp3) is 0.167. The number of nitrogens with one attached hydrogen (secondary N) is 1. The molecule has 106 valence electrons. The Kier molecular flexibility index (Phi) is 3.48. The zero-order valence-electron chi connectivity index (χ0n) is 12.1. The molecule has 0 bridgehead atoms. The number of para-hydroxylation sites is 1. The number of fused-ring (bicyclic) bond motifs is 1. The Morgan fingerprint density at radius 2 is 1.71 bits per heavy atom. The van der Waals surface area contributed by atoms with Gasteiger partial charge in [0.25, 0.3) is 0 Å². The largest absolute Gasteiger partial charge is 0.468 e. The Balaban J connectivity index is 2.24. The molecule has 0 radical (unpaired) electrons. The summed E-state index contributed by atoms with van der Waals surface area (Å²) < 4.78 is 5.04. The summed E-state index contributed by atoms with van der Waals surface area (Å²) in [6.07, 6.45) is 0. The van der Waals surface area contributed by atoms with Crippen molar-refractivity contribution in [2.24, 2.45) is 0 Å². The fourth-order valence-corrected chi connectivity index (χ4v) is 2.85. The average molecular weight is 279 g/mol. The predicted octanol–water partition coefficient (Wildman–Crippen LogP) is 3.78. The third-order valence-electron chi connectivity index (χ3n) is 3.80. The smallest absolute Gasteiger partial charge is 0.317 e. The van der Waals surface area contributed by atoms with Crippen LogP contribution >= 0.6 is 0 Å². The number of methoxy groups -OCH3 is 1. The molecule has 3 heteroatoms. The SMILES string of the molecule is COC(=O)C(c1ccccc1)c1c(C)[nH]c2ccccc12. The average Bonchev–Trinajstić information content (AvgIpc) is 2.85. The van der Waals surface area contributed by atoms with E-state index in [0.717, 1.165) is 27.7 Å². The number of aromatic amines is 1. The summed E-state index contributed by atoms with van der Waals surface area (Å²) in [5, 5.41) is 1.06. The Morgan fingerprint density at radius 3 is 2.43 bits per heavy atom. The molecule has 2 aromatic carbocycles. The number of aromatic nitrogens is 1. The maximum Gasteiger partial charge on any atom is 0.317 e. The molecule has 1 heterocycles. The predicted molar refractivity (Wildman–Crippen MR) is 83.3 cm³/mol. The molecule has 0 aliphatic rings. The number of hydrogen-bond donors (Lipinski definition) is 1. The molecule has 1 unspecified atom stereocenters. The van der Waals surface area contributed by atoms with Crippen LogP contribution in [0.5, 0.6) is 0 Å². The van der Waals surface area contributed by atoms with Crippen molar-refractivity contribution in [2.45, 2.75) is 12.8 Å². The number of carbonyl (C=O) groups is 1. The highest BCUT2D eigenvalue weighted by atomic mass is 16.5. The summed E-state index contributed by atoms with van der Waals surface area (Å²) in [5.41, 5.74) is 3.96. The van der Waals surface area contributed by atoms with Crippen LogP contribution in [-0.4, -0.2) is 18.1 Å². The molecule has 0 fully saturated rings. The van der Waals surface area contributed by atoms with Gasteiger partial charge in [0.05, 0.1) is 7.11 Å². The molecule has 3 nitrogen and oxygen atoms in total. The number of H-pyrrole nitrogens is 1. The van der Waals surface area contributed by atoms with E-state index in [1.165, 1.54) is 7.11 Å². The van der Waals surface area contributed by atoms with E-state index < -0.39 is 5.92 Å². The second-order valence-corrected chi connectivity index (χ2v) is 5.08. The van der Waals surface area contributed by atoms with Crippen LogP contribution in [0, 0.1) is 6.92 Å². The molecule has 0 spiro atoms. The van der Waals surface area contributed by atoms with Gasteiger partial charge in [-0.2, -0.15) is 0 Å². The number of hydrogen-bond acceptors (Lipinski definition) is 2. The first-order valence-electron chi connectivity index (χ1n) is 6.92. The van der Waals surface area contributed by atoms with Crippen LogP contribution in [0.15, 0.2) is 54.6 Å². The lowest BCUT2D eigenvalue weighted by atomic mass is 9.89. The minimum absolute atomic E-state index is 0.242. The minimum Gasteiger partial charge on any atom is -0.468 e. The maximum absolute atomic E-state index is 12.4. The van der Waals surface area contributed by atoms with E-state index in [1.807, 2.05) is 61.5 Å². The van der Waals surface area contributed by atoms with Crippen LogP contribution < -0.4 is 0 Å². The van der Waals surface area contributed by atoms with Crippen molar-refractivity contribution in [3.05, 3.63) is 71.4 Å². The summed E-state index contributed by atoms with van der Waals surface area (Å²) in [6, 6.07) is 17.8. The van der Waals surface area contributed by atoms with Gasteiger partial charge in [0.1, 0.15) is 5.92 Å². The Labute approximate surface area is 123 Å². The Bertz CT molecular complexity index is 774. The van der Waals surface area contributed by atoms with Gasteiger partial charge in [-0.1, -0.05) is 48.5 Å². The lowest BCUT2D eigenvalue weighted by molar-refractivity contribution is -0.141. The van der Waals surface area contributed by atoms with Crippen LogP contribution in [0.2, 0.25) is 0 Å². The van der Waals surface area contributed by atoms with Crippen molar-refractivity contribution >= 4 is 16.9 Å². The van der Waals surface area contributed by atoms with Gasteiger partial charge >= 0.3 is 5.97 Å². The van der Waals surface area contributed by atoms with Gasteiger partial charge < -0.3 is 9.72 Å². The molecule has 0 amide bonds. The zero-order valence-corrected chi connectivity index (χ0v) is 12.1. The highest BCUT2D eigenvalue weighted by Crippen LogP contribution is 2.34. The third kappa shape index (κ3) is 2.31. The van der Waals surface area contributed by atoms with E-state index in [2.05, 4.69) is 4.98 Å². The molecule has 0 saturated carbocycles.